The minimum absolute atomic E-state index is 0.00332. The molecule has 0 spiro atoms. The lowest BCUT2D eigenvalue weighted by Crippen LogP contribution is -2.61. The summed E-state index contributed by atoms with van der Waals surface area (Å²) in [6.07, 6.45) is -1.51. The summed E-state index contributed by atoms with van der Waals surface area (Å²) in [6, 6.07) is 18.5. The molecule has 0 unspecified atom stereocenters. The van der Waals surface area contributed by atoms with Crippen molar-refractivity contribution < 1.29 is 48.4 Å². The van der Waals surface area contributed by atoms with Gasteiger partial charge in [0.15, 0.2) is 5.72 Å². The molecule has 2 fully saturated rings. The molecule has 19 heteroatoms. The molecule has 2 aliphatic rings. The summed E-state index contributed by atoms with van der Waals surface area (Å²) in [4.78, 5) is 90.5. The number of piperazine rings is 1. The maximum Gasteiger partial charge on any atom is 0.410 e. The predicted octanol–water partition coefficient (Wildman–Crippen LogP) is 3.00. The van der Waals surface area contributed by atoms with Crippen LogP contribution in [0.1, 0.15) is 40.7 Å². The molecule has 2 heterocycles. The van der Waals surface area contributed by atoms with Crippen LogP contribution in [-0.4, -0.2) is 108 Å². The summed E-state index contributed by atoms with van der Waals surface area (Å²) in [6.45, 7) is -0.277. The highest BCUT2D eigenvalue weighted by Crippen LogP contribution is 2.32. The molecular weight excluding hydrogens is 740 g/mol. The predicted molar refractivity (Wildman–Crippen MR) is 195 cm³/mol. The van der Waals surface area contributed by atoms with Crippen LogP contribution in [0.25, 0.3) is 0 Å². The van der Waals surface area contributed by atoms with Crippen LogP contribution < -0.4 is 5.73 Å². The fraction of sp³-hybridized carbons (Fsp3) is 0.361. The first-order valence-corrected chi connectivity index (χ1v) is 18.0. The van der Waals surface area contributed by atoms with Crippen molar-refractivity contribution in [3.63, 3.8) is 0 Å². The third-order valence-corrected chi connectivity index (χ3v) is 10.2. The largest absolute Gasteiger partial charge is 0.461 e. The SMILES string of the molecule is N[C@](O)(CCC(=O)OCc1ccc([N+](=O)[O-])cc1)C(=O)N1CCN(C(=O)[C@@H]2C[C@H](SC(=O)c3ccccc3)CN2C(=O)OCc2ccc([N+](=O)[O-])cc2)CC1. The van der Waals surface area contributed by atoms with E-state index in [4.69, 9.17) is 15.2 Å². The number of nitro benzene ring substituents is 2. The molecule has 0 aromatic heterocycles. The molecule has 3 aromatic carbocycles. The van der Waals surface area contributed by atoms with E-state index in [0.29, 0.717) is 16.7 Å². The van der Waals surface area contributed by atoms with Crippen LogP contribution in [0.5, 0.6) is 0 Å². The van der Waals surface area contributed by atoms with Crippen LogP contribution in [0, 0.1) is 20.2 Å². The van der Waals surface area contributed by atoms with E-state index in [0.717, 1.165) is 11.8 Å². The van der Waals surface area contributed by atoms with Gasteiger partial charge in [0.2, 0.25) is 11.0 Å². The number of thioether (sulfide) groups is 1. The molecule has 3 atom stereocenters. The lowest BCUT2D eigenvalue weighted by atomic mass is 10.1. The van der Waals surface area contributed by atoms with Gasteiger partial charge in [0.05, 0.1) is 16.3 Å². The number of aliphatic hydroxyl groups is 1. The average Bonchev–Trinajstić information content (AvgIpc) is 3.62. The highest BCUT2D eigenvalue weighted by molar-refractivity contribution is 8.14. The quantitative estimate of drug-likeness (QED) is 0.110. The third-order valence-electron chi connectivity index (χ3n) is 9.08. The van der Waals surface area contributed by atoms with Gasteiger partial charge >= 0.3 is 12.1 Å². The van der Waals surface area contributed by atoms with Gasteiger partial charge in [0, 0.05) is 74.2 Å². The van der Waals surface area contributed by atoms with E-state index in [1.165, 1.54) is 63.2 Å². The van der Waals surface area contributed by atoms with E-state index in [-0.39, 0.29) is 68.8 Å². The first-order valence-electron chi connectivity index (χ1n) is 17.1. The number of rotatable bonds is 13. The Kier molecular flexibility index (Phi) is 13.1. The number of hydrogen-bond acceptors (Lipinski definition) is 14. The van der Waals surface area contributed by atoms with E-state index in [2.05, 4.69) is 0 Å². The van der Waals surface area contributed by atoms with Crippen molar-refractivity contribution in [2.75, 3.05) is 32.7 Å². The van der Waals surface area contributed by atoms with Gasteiger partial charge in [0.25, 0.3) is 17.3 Å². The smallest absolute Gasteiger partial charge is 0.410 e. The van der Waals surface area contributed by atoms with Gasteiger partial charge in [-0.05, 0) is 41.8 Å². The van der Waals surface area contributed by atoms with Gasteiger partial charge in [0.1, 0.15) is 19.3 Å². The van der Waals surface area contributed by atoms with E-state index in [9.17, 15) is 49.3 Å². The maximum atomic E-state index is 13.9. The van der Waals surface area contributed by atoms with Crippen LogP contribution in [0.2, 0.25) is 0 Å². The zero-order valence-corrected chi connectivity index (χ0v) is 30.2. The van der Waals surface area contributed by atoms with Crippen molar-refractivity contribution in [3.8, 4) is 0 Å². The Balaban J connectivity index is 1.15. The molecule has 3 N–H and O–H groups in total. The molecule has 3 amide bonds. The molecule has 0 saturated carbocycles. The van der Waals surface area contributed by atoms with Crippen LogP contribution in [0.15, 0.2) is 78.9 Å². The Morgan fingerprint density at radius 3 is 1.87 bits per heavy atom. The number of carbonyl (C=O) groups is 5. The van der Waals surface area contributed by atoms with E-state index in [1.54, 1.807) is 30.3 Å². The van der Waals surface area contributed by atoms with Crippen LogP contribution in [0.4, 0.5) is 16.2 Å². The van der Waals surface area contributed by atoms with Crippen molar-refractivity contribution in [2.45, 2.75) is 49.5 Å². The number of benzene rings is 3. The minimum atomic E-state index is -2.41. The van der Waals surface area contributed by atoms with Gasteiger partial charge in [-0.25, -0.2) is 4.79 Å². The van der Waals surface area contributed by atoms with Crippen LogP contribution in [-0.2, 0) is 37.1 Å². The number of hydrogen-bond donors (Lipinski definition) is 2. The number of ether oxygens (including phenoxy) is 2. The van der Waals surface area contributed by atoms with Gasteiger partial charge in [-0.3, -0.25) is 50.0 Å². The second-order valence-electron chi connectivity index (χ2n) is 12.9. The number of nitrogens with zero attached hydrogens (tertiary/aromatic N) is 5. The summed E-state index contributed by atoms with van der Waals surface area (Å²) in [5.74, 6) is -2.02. The van der Waals surface area contributed by atoms with E-state index >= 15 is 0 Å². The molecule has 2 saturated heterocycles. The van der Waals surface area contributed by atoms with Crippen LogP contribution in [0.3, 0.4) is 0 Å². The molecule has 0 aliphatic carbocycles. The zero-order valence-electron chi connectivity index (χ0n) is 29.4. The first kappa shape index (κ1) is 40.3. The third kappa shape index (κ3) is 10.6. The Hall–Kier alpha value is -5.92. The lowest BCUT2D eigenvalue weighted by Gasteiger charge is -2.39. The van der Waals surface area contributed by atoms with Crippen molar-refractivity contribution in [1.29, 1.82) is 0 Å². The van der Waals surface area contributed by atoms with Gasteiger partial charge in [-0.15, -0.1) is 0 Å². The van der Waals surface area contributed by atoms with E-state index < -0.39 is 63.6 Å². The van der Waals surface area contributed by atoms with Crippen LogP contribution >= 0.6 is 11.8 Å². The molecule has 55 heavy (non-hydrogen) atoms. The topological polar surface area (TPSA) is 246 Å². The fourth-order valence-electron chi connectivity index (χ4n) is 6.02. The summed E-state index contributed by atoms with van der Waals surface area (Å²) in [7, 11) is 0. The van der Waals surface area contributed by atoms with Crippen molar-refractivity contribution in [1.82, 2.24) is 14.7 Å². The summed E-state index contributed by atoms with van der Waals surface area (Å²) in [5.41, 5.74) is 4.72. The number of esters is 1. The van der Waals surface area contributed by atoms with E-state index in [1.807, 2.05) is 0 Å². The van der Waals surface area contributed by atoms with Crippen molar-refractivity contribution in [3.05, 3.63) is 116 Å². The minimum Gasteiger partial charge on any atom is -0.461 e. The number of nitrogens with two attached hydrogens (primary N) is 1. The van der Waals surface area contributed by atoms with Gasteiger partial charge in [-0.1, -0.05) is 42.1 Å². The standard InChI is InChI=1S/C36H38N6O12S/c37-36(48,15-14-31(43)53-22-24-6-10-27(11-7-24)41(49)50)34(46)39-18-16-38(17-19-39)32(44)30-20-29(55-33(45)26-4-2-1-3-5-26)21-40(30)35(47)54-23-25-8-12-28(13-9-25)42(51)52/h1-13,29-30,48H,14-23,37H2/t29-,30-,36-/m0/s1. The number of likely N-dealkylation sites (tertiary alicyclic amines) is 1. The first-order chi connectivity index (χ1) is 26.2. The summed E-state index contributed by atoms with van der Waals surface area (Å²) >= 11 is 1.01. The van der Waals surface area contributed by atoms with Crippen molar-refractivity contribution in [2.24, 2.45) is 5.73 Å². The number of non-ortho nitro benzene ring substituents is 2. The fourth-order valence-corrected chi connectivity index (χ4v) is 7.11. The highest BCUT2D eigenvalue weighted by atomic mass is 32.2. The summed E-state index contributed by atoms with van der Waals surface area (Å²) in [5, 5.41) is 31.9. The number of nitro groups is 2. The highest BCUT2D eigenvalue weighted by Gasteiger charge is 2.45. The Labute approximate surface area is 318 Å². The van der Waals surface area contributed by atoms with Gasteiger partial charge < -0.3 is 24.4 Å². The molecule has 18 nitrogen and oxygen atoms in total. The molecule has 5 rings (SSSR count). The molecule has 0 radical (unpaired) electrons. The Morgan fingerprint density at radius 1 is 0.800 bits per heavy atom. The lowest BCUT2D eigenvalue weighted by molar-refractivity contribution is -0.385. The molecular formula is C36H38N6O12S. The Bertz CT molecular complexity index is 1900. The number of amides is 3. The second-order valence-corrected chi connectivity index (χ2v) is 14.2. The molecule has 2 aliphatic heterocycles. The monoisotopic (exact) mass is 778 g/mol. The molecule has 0 bridgehead atoms. The molecule has 3 aromatic rings. The van der Waals surface area contributed by atoms with Gasteiger partial charge in [-0.2, -0.15) is 0 Å². The normalized spacial score (nSPS) is 17.9. The zero-order chi connectivity index (χ0) is 39.7. The average molecular weight is 779 g/mol. The van der Waals surface area contributed by atoms with Crippen molar-refractivity contribution >= 4 is 52.1 Å². The number of carbonyl (C=O) groups excluding carboxylic acids is 5. The molecule has 290 valence electrons. The second kappa shape index (κ2) is 17.9. The maximum absolute atomic E-state index is 13.9. The Morgan fingerprint density at radius 2 is 1.33 bits per heavy atom. The summed E-state index contributed by atoms with van der Waals surface area (Å²) < 4.78 is 10.6.